The topological polar surface area (TPSA) is 39.9 Å². The number of ether oxygens (including phenoxy) is 1. The van der Waals surface area contributed by atoms with Crippen molar-refractivity contribution in [3.63, 3.8) is 0 Å². The Morgan fingerprint density at radius 1 is 1.28 bits per heavy atom. The lowest BCUT2D eigenvalue weighted by atomic mass is 9.96. The SMILES string of the molecule is Cc1cc(C#CC(C)(C)C)ccc1-c1cn(CC2CCCCO2)nn1. The van der Waals surface area contributed by atoms with Crippen molar-refractivity contribution in [3.05, 3.63) is 35.5 Å². The number of nitrogens with zero attached hydrogens (tertiary/aromatic N) is 3. The van der Waals surface area contributed by atoms with Crippen LogP contribution in [0.1, 0.15) is 51.2 Å². The van der Waals surface area contributed by atoms with Crippen LogP contribution < -0.4 is 0 Å². The van der Waals surface area contributed by atoms with Crippen LogP contribution in [0.5, 0.6) is 0 Å². The first-order valence-electron chi connectivity index (χ1n) is 9.07. The van der Waals surface area contributed by atoms with Gasteiger partial charge in [0.2, 0.25) is 0 Å². The van der Waals surface area contributed by atoms with E-state index in [0.29, 0.717) is 0 Å². The van der Waals surface area contributed by atoms with Gasteiger partial charge in [-0.25, -0.2) is 4.68 Å². The fourth-order valence-corrected chi connectivity index (χ4v) is 2.96. The summed E-state index contributed by atoms with van der Waals surface area (Å²) in [7, 11) is 0. The van der Waals surface area contributed by atoms with E-state index in [-0.39, 0.29) is 11.5 Å². The van der Waals surface area contributed by atoms with E-state index in [9.17, 15) is 0 Å². The Morgan fingerprint density at radius 2 is 2.12 bits per heavy atom. The van der Waals surface area contributed by atoms with Crippen molar-refractivity contribution in [2.75, 3.05) is 6.61 Å². The molecule has 4 heteroatoms. The fourth-order valence-electron chi connectivity index (χ4n) is 2.96. The van der Waals surface area contributed by atoms with Crippen LogP contribution in [0.25, 0.3) is 11.3 Å². The van der Waals surface area contributed by atoms with E-state index in [1.807, 2.05) is 10.9 Å². The van der Waals surface area contributed by atoms with Gasteiger partial charge in [-0.15, -0.1) is 5.10 Å². The van der Waals surface area contributed by atoms with Crippen LogP contribution in [-0.4, -0.2) is 27.7 Å². The minimum atomic E-state index is 0.0104. The number of benzene rings is 1. The summed E-state index contributed by atoms with van der Waals surface area (Å²) in [5, 5.41) is 8.63. The summed E-state index contributed by atoms with van der Waals surface area (Å²) >= 11 is 0. The smallest absolute Gasteiger partial charge is 0.113 e. The number of rotatable bonds is 3. The highest BCUT2D eigenvalue weighted by molar-refractivity contribution is 5.64. The Balaban J connectivity index is 1.74. The van der Waals surface area contributed by atoms with E-state index < -0.39 is 0 Å². The van der Waals surface area contributed by atoms with Crippen molar-refractivity contribution in [1.29, 1.82) is 0 Å². The summed E-state index contributed by atoms with van der Waals surface area (Å²) in [6.45, 7) is 10.1. The first-order valence-corrected chi connectivity index (χ1v) is 9.07. The maximum Gasteiger partial charge on any atom is 0.113 e. The van der Waals surface area contributed by atoms with Gasteiger partial charge in [0, 0.05) is 23.1 Å². The molecule has 0 N–H and O–H groups in total. The Labute approximate surface area is 150 Å². The van der Waals surface area contributed by atoms with Crippen LogP contribution in [0.2, 0.25) is 0 Å². The van der Waals surface area contributed by atoms with E-state index >= 15 is 0 Å². The fraction of sp³-hybridized carbons (Fsp3) is 0.524. The van der Waals surface area contributed by atoms with Crippen molar-refractivity contribution in [2.24, 2.45) is 5.41 Å². The molecular weight excluding hydrogens is 310 g/mol. The molecular formula is C21H27N3O. The molecule has 132 valence electrons. The first kappa shape index (κ1) is 17.7. The van der Waals surface area contributed by atoms with Gasteiger partial charge in [0.1, 0.15) is 5.69 Å². The van der Waals surface area contributed by atoms with E-state index in [0.717, 1.165) is 36.4 Å². The third-order valence-corrected chi connectivity index (χ3v) is 4.29. The molecule has 0 radical (unpaired) electrons. The third-order valence-electron chi connectivity index (χ3n) is 4.29. The minimum absolute atomic E-state index is 0.0104. The lowest BCUT2D eigenvalue weighted by Crippen LogP contribution is -2.24. The van der Waals surface area contributed by atoms with Gasteiger partial charge in [-0.05, 0) is 64.7 Å². The Morgan fingerprint density at radius 3 is 2.80 bits per heavy atom. The zero-order valence-corrected chi connectivity index (χ0v) is 15.7. The highest BCUT2D eigenvalue weighted by atomic mass is 16.5. The lowest BCUT2D eigenvalue weighted by molar-refractivity contribution is 0.00370. The summed E-state index contributed by atoms with van der Waals surface area (Å²) in [6, 6.07) is 6.27. The molecule has 0 amide bonds. The van der Waals surface area contributed by atoms with E-state index in [4.69, 9.17) is 4.74 Å². The minimum Gasteiger partial charge on any atom is -0.376 e. The van der Waals surface area contributed by atoms with Crippen molar-refractivity contribution >= 4 is 0 Å². The second-order valence-corrected chi connectivity index (χ2v) is 7.84. The Bertz CT molecular complexity index is 783. The number of aromatic nitrogens is 3. The van der Waals surface area contributed by atoms with Crippen LogP contribution in [0.15, 0.2) is 24.4 Å². The molecule has 0 saturated carbocycles. The van der Waals surface area contributed by atoms with Gasteiger partial charge in [-0.3, -0.25) is 0 Å². The molecule has 1 aromatic carbocycles. The van der Waals surface area contributed by atoms with Crippen molar-refractivity contribution < 1.29 is 4.74 Å². The quantitative estimate of drug-likeness (QED) is 0.787. The standard InChI is InChI=1S/C21H27N3O/c1-16-13-17(10-11-21(2,3)4)8-9-19(16)20-15-24(23-22-20)14-18-7-5-6-12-25-18/h8-9,13,15,18H,5-7,12,14H2,1-4H3. The average molecular weight is 337 g/mol. The third kappa shape index (κ3) is 4.93. The van der Waals surface area contributed by atoms with Gasteiger partial charge >= 0.3 is 0 Å². The molecule has 0 spiro atoms. The van der Waals surface area contributed by atoms with Gasteiger partial charge in [0.05, 0.1) is 18.8 Å². The molecule has 4 nitrogen and oxygen atoms in total. The molecule has 3 rings (SSSR count). The van der Waals surface area contributed by atoms with Crippen LogP contribution in [0, 0.1) is 24.2 Å². The van der Waals surface area contributed by atoms with E-state index in [1.54, 1.807) is 0 Å². The largest absolute Gasteiger partial charge is 0.376 e. The lowest BCUT2D eigenvalue weighted by Gasteiger charge is -2.21. The predicted octanol–water partition coefficient (Wildman–Crippen LogP) is 4.22. The number of aryl methyl sites for hydroxylation is 1. The summed E-state index contributed by atoms with van der Waals surface area (Å²) in [5.41, 5.74) is 4.23. The summed E-state index contributed by atoms with van der Waals surface area (Å²) < 4.78 is 7.69. The molecule has 1 fully saturated rings. The van der Waals surface area contributed by atoms with Crippen molar-refractivity contribution in [3.8, 4) is 23.1 Å². The van der Waals surface area contributed by atoms with Crippen LogP contribution in [0.3, 0.4) is 0 Å². The monoisotopic (exact) mass is 337 g/mol. The molecule has 0 aliphatic carbocycles. The molecule has 2 aromatic rings. The highest BCUT2D eigenvalue weighted by Crippen LogP contribution is 2.23. The summed E-state index contributed by atoms with van der Waals surface area (Å²) in [6.07, 6.45) is 5.79. The Hall–Kier alpha value is -2.12. The second-order valence-electron chi connectivity index (χ2n) is 7.84. The first-order chi connectivity index (χ1) is 11.9. The van der Waals surface area contributed by atoms with Crippen molar-refractivity contribution in [1.82, 2.24) is 15.0 Å². The molecule has 1 aliphatic heterocycles. The number of hydrogen-bond donors (Lipinski definition) is 0. The second kappa shape index (κ2) is 7.41. The zero-order valence-electron chi connectivity index (χ0n) is 15.7. The zero-order chi connectivity index (χ0) is 17.9. The van der Waals surface area contributed by atoms with E-state index in [2.05, 4.69) is 68.0 Å². The maximum absolute atomic E-state index is 5.79. The summed E-state index contributed by atoms with van der Waals surface area (Å²) in [4.78, 5) is 0. The maximum atomic E-state index is 5.79. The van der Waals surface area contributed by atoms with Crippen molar-refractivity contribution in [2.45, 2.75) is 59.6 Å². The summed E-state index contributed by atoms with van der Waals surface area (Å²) in [5.74, 6) is 6.53. The van der Waals surface area contributed by atoms with E-state index in [1.165, 1.54) is 18.4 Å². The molecule has 1 atom stereocenters. The molecule has 1 aliphatic rings. The van der Waals surface area contributed by atoms with Crippen LogP contribution in [-0.2, 0) is 11.3 Å². The normalized spacial score (nSPS) is 17.8. The van der Waals surface area contributed by atoms with Crippen LogP contribution in [0.4, 0.5) is 0 Å². The Kier molecular flexibility index (Phi) is 5.24. The molecule has 1 saturated heterocycles. The van der Waals surface area contributed by atoms with Gasteiger partial charge in [-0.1, -0.05) is 23.1 Å². The molecule has 2 heterocycles. The van der Waals surface area contributed by atoms with Gasteiger partial charge in [-0.2, -0.15) is 0 Å². The van der Waals surface area contributed by atoms with Gasteiger partial charge < -0.3 is 4.74 Å². The average Bonchev–Trinajstić information content (AvgIpc) is 3.01. The molecule has 25 heavy (non-hydrogen) atoms. The molecule has 0 bridgehead atoms. The van der Waals surface area contributed by atoms with Gasteiger partial charge in [0.15, 0.2) is 0 Å². The predicted molar refractivity (Wildman–Crippen MR) is 100 cm³/mol. The molecule has 1 unspecified atom stereocenters. The number of hydrogen-bond acceptors (Lipinski definition) is 3. The molecule has 1 aromatic heterocycles. The van der Waals surface area contributed by atoms with Crippen LogP contribution >= 0.6 is 0 Å². The van der Waals surface area contributed by atoms with Gasteiger partial charge in [0.25, 0.3) is 0 Å². The highest BCUT2D eigenvalue weighted by Gasteiger charge is 2.16.